The molecule has 1 atom stereocenters. The smallest absolute Gasteiger partial charge is 0.122 e. The maximum absolute atomic E-state index is 10.1. The van der Waals surface area contributed by atoms with E-state index in [2.05, 4.69) is 15.9 Å². The largest absolute Gasteiger partial charge is 0.496 e. The molecular weight excluding hydrogens is 312 g/mol. The van der Waals surface area contributed by atoms with Gasteiger partial charge < -0.3 is 9.84 Å². The van der Waals surface area contributed by atoms with Gasteiger partial charge in [0, 0.05) is 17.7 Å². The van der Waals surface area contributed by atoms with E-state index in [-0.39, 0.29) is 6.10 Å². The molecule has 1 aromatic heterocycles. The topological polar surface area (TPSA) is 29.5 Å². The fourth-order valence-electron chi connectivity index (χ4n) is 1.89. The van der Waals surface area contributed by atoms with E-state index in [0.29, 0.717) is 12.8 Å². The maximum atomic E-state index is 10.1. The van der Waals surface area contributed by atoms with Gasteiger partial charge in [0.1, 0.15) is 5.75 Å². The van der Waals surface area contributed by atoms with Gasteiger partial charge in [-0.2, -0.15) is 0 Å². The van der Waals surface area contributed by atoms with Crippen molar-refractivity contribution in [3.8, 4) is 5.75 Å². The number of para-hydroxylation sites is 1. The Morgan fingerprint density at radius 1 is 1.22 bits per heavy atom. The SMILES string of the molecule is COc1ccccc1CC(O)Cc1ccc(Br)s1. The quantitative estimate of drug-likeness (QED) is 0.908. The summed E-state index contributed by atoms with van der Waals surface area (Å²) >= 11 is 5.09. The molecule has 1 aromatic carbocycles. The van der Waals surface area contributed by atoms with Crippen molar-refractivity contribution in [3.05, 3.63) is 50.6 Å². The van der Waals surface area contributed by atoms with Crippen LogP contribution in [0.2, 0.25) is 0 Å². The van der Waals surface area contributed by atoms with Gasteiger partial charge >= 0.3 is 0 Å². The first-order chi connectivity index (χ1) is 8.69. The summed E-state index contributed by atoms with van der Waals surface area (Å²) in [5.74, 6) is 0.837. The summed E-state index contributed by atoms with van der Waals surface area (Å²) in [4.78, 5) is 1.18. The highest BCUT2D eigenvalue weighted by Gasteiger charge is 2.11. The van der Waals surface area contributed by atoms with Crippen LogP contribution in [0.3, 0.4) is 0 Å². The lowest BCUT2D eigenvalue weighted by molar-refractivity contribution is 0.175. The van der Waals surface area contributed by atoms with Gasteiger partial charge in [0.2, 0.25) is 0 Å². The zero-order chi connectivity index (χ0) is 13.0. The number of aliphatic hydroxyl groups is 1. The molecule has 0 amide bonds. The van der Waals surface area contributed by atoms with Crippen molar-refractivity contribution >= 4 is 27.3 Å². The van der Waals surface area contributed by atoms with Crippen LogP contribution >= 0.6 is 27.3 Å². The molecule has 96 valence electrons. The first-order valence-corrected chi connectivity index (χ1v) is 7.34. The number of thiophene rings is 1. The lowest BCUT2D eigenvalue weighted by atomic mass is 10.0. The highest BCUT2D eigenvalue weighted by molar-refractivity contribution is 9.11. The van der Waals surface area contributed by atoms with Gasteiger partial charge in [0.15, 0.2) is 0 Å². The van der Waals surface area contributed by atoms with Crippen LogP contribution in [0.25, 0.3) is 0 Å². The molecule has 0 aliphatic rings. The summed E-state index contributed by atoms with van der Waals surface area (Å²) in [7, 11) is 1.65. The van der Waals surface area contributed by atoms with Gasteiger partial charge in [-0.25, -0.2) is 0 Å². The van der Waals surface area contributed by atoms with Crippen LogP contribution in [0.4, 0.5) is 0 Å². The Labute approximate surface area is 119 Å². The predicted molar refractivity (Wildman–Crippen MR) is 78.4 cm³/mol. The number of halogens is 1. The van der Waals surface area contributed by atoms with Gasteiger partial charge in [-0.3, -0.25) is 0 Å². The first kappa shape index (κ1) is 13.6. The van der Waals surface area contributed by atoms with Crippen molar-refractivity contribution in [2.45, 2.75) is 18.9 Å². The van der Waals surface area contributed by atoms with Crippen molar-refractivity contribution in [2.75, 3.05) is 7.11 Å². The van der Waals surface area contributed by atoms with Crippen molar-refractivity contribution in [1.29, 1.82) is 0 Å². The normalized spacial score (nSPS) is 12.4. The average Bonchev–Trinajstić information content (AvgIpc) is 2.75. The van der Waals surface area contributed by atoms with E-state index in [0.717, 1.165) is 15.1 Å². The molecule has 1 N–H and O–H groups in total. The first-order valence-electron chi connectivity index (χ1n) is 5.73. The Hall–Kier alpha value is -0.840. The summed E-state index contributed by atoms with van der Waals surface area (Å²) in [5, 5.41) is 10.1. The lowest BCUT2D eigenvalue weighted by Gasteiger charge is -2.12. The van der Waals surface area contributed by atoms with E-state index in [9.17, 15) is 5.11 Å². The van der Waals surface area contributed by atoms with Crippen molar-refractivity contribution in [3.63, 3.8) is 0 Å². The summed E-state index contributed by atoms with van der Waals surface area (Å²) in [6.07, 6.45) is 0.903. The molecule has 0 radical (unpaired) electrons. The molecule has 0 spiro atoms. The van der Waals surface area contributed by atoms with Crippen molar-refractivity contribution < 1.29 is 9.84 Å². The number of aliphatic hydroxyl groups excluding tert-OH is 1. The fourth-order valence-corrected chi connectivity index (χ4v) is 3.45. The Balaban J connectivity index is 2.00. The van der Waals surface area contributed by atoms with Crippen molar-refractivity contribution in [1.82, 2.24) is 0 Å². The second-order valence-electron chi connectivity index (χ2n) is 4.08. The van der Waals surface area contributed by atoms with Crippen LogP contribution in [0.1, 0.15) is 10.4 Å². The highest BCUT2D eigenvalue weighted by atomic mass is 79.9. The van der Waals surface area contributed by atoms with Gasteiger partial charge in [0.25, 0.3) is 0 Å². The van der Waals surface area contributed by atoms with E-state index in [1.165, 1.54) is 4.88 Å². The molecule has 2 aromatic rings. The Bertz CT molecular complexity index is 510. The second kappa shape index (κ2) is 6.36. The third-order valence-corrected chi connectivity index (χ3v) is 4.36. The van der Waals surface area contributed by atoms with E-state index in [1.807, 2.05) is 36.4 Å². The molecular formula is C14H15BrO2S. The molecule has 0 aliphatic heterocycles. The summed E-state index contributed by atoms with van der Waals surface area (Å²) in [6, 6.07) is 11.9. The Morgan fingerprint density at radius 2 is 2.00 bits per heavy atom. The molecule has 4 heteroatoms. The molecule has 0 saturated heterocycles. The standard InChI is InChI=1S/C14H15BrO2S/c1-17-13-5-3-2-4-10(13)8-11(16)9-12-6-7-14(15)18-12/h2-7,11,16H,8-9H2,1H3. The highest BCUT2D eigenvalue weighted by Crippen LogP contribution is 2.25. The molecule has 0 saturated carbocycles. The molecule has 2 rings (SSSR count). The fraction of sp³-hybridized carbons (Fsp3) is 0.286. The van der Waals surface area contributed by atoms with Crippen LogP contribution in [-0.4, -0.2) is 18.3 Å². The minimum atomic E-state index is -0.383. The van der Waals surface area contributed by atoms with Crippen LogP contribution in [-0.2, 0) is 12.8 Å². The minimum absolute atomic E-state index is 0.383. The summed E-state index contributed by atoms with van der Waals surface area (Å²) in [6.45, 7) is 0. The molecule has 0 aliphatic carbocycles. The van der Waals surface area contributed by atoms with Crippen LogP contribution in [0, 0.1) is 0 Å². The van der Waals surface area contributed by atoms with Gasteiger partial charge in [0.05, 0.1) is 17.0 Å². The number of benzene rings is 1. The number of hydrogen-bond donors (Lipinski definition) is 1. The molecule has 0 bridgehead atoms. The molecule has 1 heterocycles. The Kier molecular flexibility index (Phi) is 4.80. The lowest BCUT2D eigenvalue weighted by Crippen LogP contribution is -2.13. The molecule has 2 nitrogen and oxygen atoms in total. The minimum Gasteiger partial charge on any atom is -0.496 e. The van der Waals surface area contributed by atoms with E-state index in [4.69, 9.17) is 4.74 Å². The maximum Gasteiger partial charge on any atom is 0.122 e. The monoisotopic (exact) mass is 326 g/mol. The van der Waals surface area contributed by atoms with E-state index < -0.39 is 0 Å². The third-order valence-electron chi connectivity index (χ3n) is 2.71. The number of ether oxygens (including phenoxy) is 1. The predicted octanol–water partition coefficient (Wildman–Crippen LogP) is 3.67. The van der Waals surface area contributed by atoms with Crippen molar-refractivity contribution in [2.24, 2.45) is 0 Å². The summed E-state index contributed by atoms with van der Waals surface area (Å²) < 4.78 is 6.38. The van der Waals surface area contributed by atoms with Gasteiger partial charge in [-0.1, -0.05) is 18.2 Å². The number of rotatable bonds is 5. The van der Waals surface area contributed by atoms with E-state index in [1.54, 1.807) is 18.4 Å². The number of hydrogen-bond acceptors (Lipinski definition) is 3. The molecule has 1 unspecified atom stereocenters. The Morgan fingerprint density at radius 3 is 2.67 bits per heavy atom. The van der Waals surface area contributed by atoms with E-state index >= 15 is 0 Å². The van der Waals surface area contributed by atoms with Crippen LogP contribution in [0.5, 0.6) is 5.75 Å². The zero-order valence-electron chi connectivity index (χ0n) is 10.1. The molecule has 18 heavy (non-hydrogen) atoms. The average molecular weight is 327 g/mol. The second-order valence-corrected chi connectivity index (χ2v) is 6.63. The summed E-state index contributed by atoms with van der Waals surface area (Å²) in [5.41, 5.74) is 1.04. The third kappa shape index (κ3) is 3.57. The van der Waals surface area contributed by atoms with Crippen LogP contribution < -0.4 is 4.74 Å². The molecule has 0 fully saturated rings. The van der Waals surface area contributed by atoms with Gasteiger partial charge in [-0.05, 0) is 39.7 Å². The number of methoxy groups -OCH3 is 1. The van der Waals surface area contributed by atoms with Crippen LogP contribution in [0.15, 0.2) is 40.2 Å². The zero-order valence-corrected chi connectivity index (χ0v) is 12.5. The van der Waals surface area contributed by atoms with Gasteiger partial charge in [-0.15, -0.1) is 11.3 Å².